The number of ketones is 1. The van der Waals surface area contributed by atoms with Gasteiger partial charge in [0.05, 0.1) is 28.3 Å². The van der Waals surface area contributed by atoms with Gasteiger partial charge < -0.3 is 9.84 Å². The lowest BCUT2D eigenvalue weighted by Gasteiger charge is -2.26. The van der Waals surface area contributed by atoms with Crippen molar-refractivity contribution in [3.05, 3.63) is 98.8 Å². The zero-order valence-corrected chi connectivity index (χ0v) is 18.5. The van der Waals surface area contributed by atoms with Crippen LogP contribution in [0, 0.1) is 5.82 Å². The molecule has 0 spiro atoms. The van der Waals surface area contributed by atoms with Crippen LogP contribution in [0.3, 0.4) is 0 Å². The van der Waals surface area contributed by atoms with E-state index in [0.717, 1.165) is 10.5 Å². The number of carbonyl (C=O) groups is 2. The molecule has 1 saturated heterocycles. The largest absolute Gasteiger partial charge is 0.507 e. The number of nitrogens with zero attached hydrogens (tertiary/aromatic N) is 1. The smallest absolute Gasteiger partial charge is 0.300 e. The third-order valence-electron chi connectivity index (χ3n) is 5.79. The number of ether oxygens (including phenoxy) is 1. The maximum Gasteiger partial charge on any atom is 0.300 e. The second kappa shape index (κ2) is 8.21. The van der Waals surface area contributed by atoms with Gasteiger partial charge in [-0.1, -0.05) is 41.4 Å². The summed E-state index contributed by atoms with van der Waals surface area (Å²) in [5.74, 6) is -2.15. The van der Waals surface area contributed by atoms with Crippen LogP contribution >= 0.6 is 23.2 Å². The van der Waals surface area contributed by atoms with Crippen molar-refractivity contribution in [3.63, 3.8) is 0 Å². The molecule has 0 aliphatic carbocycles. The number of amides is 1. The summed E-state index contributed by atoms with van der Waals surface area (Å²) in [5.41, 5.74) is 1.32. The van der Waals surface area contributed by atoms with Crippen LogP contribution in [0.2, 0.25) is 10.0 Å². The van der Waals surface area contributed by atoms with Crippen LogP contribution in [0.15, 0.2) is 66.2 Å². The zero-order chi connectivity index (χ0) is 23.3. The Morgan fingerprint density at radius 2 is 1.82 bits per heavy atom. The number of aliphatic hydroxyl groups excluding tert-OH is 1. The number of anilines is 1. The number of rotatable bonds is 3. The first-order valence-corrected chi connectivity index (χ1v) is 10.9. The fourth-order valence-corrected chi connectivity index (χ4v) is 4.51. The molecule has 2 aliphatic rings. The molecule has 33 heavy (non-hydrogen) atoms. The van der Waals surface area contributed by atoms with E-state index in [2.05, 4.69) is 0 Å². The summed E-state index contributed by atoms with van der Waals surface area (Å²) in [6.45, 7) is 0.524. The van der Waals surface area contributed by atoms with Gasteiger partial charge in [0.2, 0.25) is 0 Å². The monoisotopic (exact) mass is 483 g/mol. The summed E-state index contributed by atoms with van der Waals surface area (Å²) < 4.78 is 20.4. The van der Waals surface area contributed by atoms with Crippen molar-refractivity contribution < 1.29 is 23.8 Å². The van der Waals surface area contributed by atoms with E-state index in [0.29, 0.717) is 24.3 Å². The number of fused-ring (bicyclic) bond motifs is 1. The quantitative estimate of drug-likeness (QED) is 0.295. The molecule has 0 bridgehead atoms. The van der Waals surface area contributed by atoms with Crippen molar-refractivity contribution in [2.45, 2.75) is 12.5 Å². The Balaban J connectivity index is 1.73. The number of carbonyl (C=O) groups excluding carboxylic acids is 2. The molecule has 1 fully saturated rings. The molecule has 2 aliphatic heterocycles. The minimum atomic E-state index is -1.20. The van der Waals surface area contributed by atoms with E-state index >= 15 is 0 Å². The van der Waals surface area contributed by atoms with Crippen molar-refractivity contribution in [1.82, 2.24) is 0 Å². The second-order valence-electron chi connectivity index (χ2n) is 7.71. The van der Waals surface area contributed by atoms with Crippen LogP contribution in [0.4, 0.5) is 10.1 Å². The Morgan fingerprint density at radius 1 is 1.03 bits per heavy atom. The highest BCUT2D eigenvalue weighted by molar-refractivity contribution is 6.52. The van der Waals surface area contributed by atoms with E-state index in [1.54, 1.807) is 24.3 Å². The average molecular weight is 484 g/mol. The first kappa shape index (κ1) is 21.5. The summed E-state index contributed by atoms with van der Waals surface area (Å²) in [5, 5.41) is 11.6. The number of hydrogen-bond donors (Lipinski definition) is 1. The molecule has 0 aromatic heterocycles. The second-order valence-corrected chi connectivity index (χ2v) is 8.52. The van der Waals surface area contributed by atoms with Crippen LogP contribution in [-0.2, 0) is 16.0 Å². The van der Waals surface area contributed by atoms with Gasteiger partial charge in [0.25, 0.3) is 11.7 Å². The molecule has 0 saturated carbocycles. The van der Waals surface area contributed by atoms with E-state index in [1.807, 2.05) is 0 Å². The molecule has 1 atom stereocenters. The van der Waals surface area contributed by atoms with Gasteiger partial charge in [0.15, 0.2) is 0 Å². The molecule has 3 aromatic carbocycles. The first-order valence-electron chi connectivity index (χ1n) is 10.1. The van der Waals surface area contributed by atoms with Gasteiger partial charge in [-0.05, 0) is 48.0 Å². The van der Waals surface area contributed by atoms with Gasteiger partial charge in [-0.15, -0.1) is 0 Å². The van der Waals surface area contributed by atoms with E-state index < -0.39 is 23.5 Å². The predicted molar refractivity (Wildman–Crippen MR) is 123 cm³/mol. The summed E-state index contributed by atoms with van der Waals surface area (Å²) in [6, 6.07) is 14.0. The fraction of sp³-hybridized carbons (Fsp3) is 0.120. The third-order valence-corrected chi connectivity index (χ3v) is 6.53. The van der Waals surface area contributed by atoms with Crippen molar-refractivity contribution in [3.8, 4) is 5.75 Å². The number of benzene rings is 3. The van der Waals surface area contributed by atoms with E-state index in [9.17, 15) is 19.1 Å². The molecule has 5 nitrogen and oxygen atoms in total. The van der Waals surface area contributed by atoms with E-state index in [4.69, 9.17) is 27.9 Å². The Bertz CT molecular complexity index is 1350. The highest BCUT2D eigenvalue weighted by Crippen LogP contribution is 2.44. The van der Waals surface area contributed by atoms with Crippen LogP contribution in [0.25, 0.3) is 5.76 Å². The highest BCUT2D eigenvalue weighted by atomic mass is 35.5. The average Bonchev–Trinajstić information content (AvgIpc) is 3.38. The summed E-state index contributed by atoms with van der Waals surface area (Å²) in [4.78, 5) is 27.4. The molecule has 8 heteroatoms. The molecule has 166 valence electrons. The minimum Gasteiger partial charge on any atom is -0.507 e. The Morgan fingerprint density at radius 3 is 2.58 bits per heavy atom. The normalized spacial score (nSPS) is 19.0. The van der Waals surface area contributed by atoms with Gasteiger partial charge in [0, 0.05) is 23.2 Å². The van der Waals surface area contributed by atoms with E-state index in [-0.39, 0.29) is 32.6 Å². The van der Waals surface area contributed by atoms with Gasteiger partial charge in [-0.3, -0.25) is 14.5 Å². The Labute approximate surface area is 198 Å². The minimum absolute atomic E-state index is 0.0637. The Hall–Kier alpha value is -3.35. The van der Waals surface area contributed by atoms with Crippen LogP contribution in [0.5, 0.6) is 5.75 Å². The van der Waals surface area contributed by atoms with Gasteiger partial charge >= 0.3 is 0 Å². The van der Waals surface area contributed by atoms with Crippen LogP contribution in [0.1, 0.15) is 22.7 Å². The van der Waals surface area contributed by atoms with Crippen LogP contribution < -0.4 is 9.64 Å². The molecule has 2 heterocycles. The third kappa shape index (κ3) is 3.56. The maximum absolute atomic E-state index is 14.9. The molecule has 0 radical (unpaired) electrons. The van der Waals surface area contributed by atoms with Gasteiger partial charge in [-0.2, -0.15) is 0 Å². The van der Waals surface area contributed by atoms with Crippen molar-refractivity contribution in [2.75, 3.05) is 11.5 Å². The molecular weight excluding hydrogens is 468 g/mol. The topological polar surface area (TPSA) is 66.8 Å². The molecule has 1 amide bonds. The SMILES string of the molecule is O=C1C(=O)N(c2ccc(Cl)c(Cl)c2)C(c2ccccc2F)/C1=C(\O)c1ccc2c(c1)CCO2. The summed E-state index contributed by atoms with van der Waals surface area (Å²) in [7, 11) is 0. The number of halogens is 3. The highest BCUT2D eigenvalue weighted by Gasteiger charge is 2.48. The Kier molecular flexibility index (Phi) is 5.35. The molecular formula is C25H16Cl2FNO4. The fourth-order valence-electron chi connectivity index (χ4n) is 4.21. The van der Waals surface area contributed by atoms with Gasteiger partial charge in [0.1, 0.15) is 17.3 Å². The molecule has 3 aromatic rings. The molecule has 1 N–H and O–H groups in total. The summed E-state index contributed by atoms with van der Waals surface area (Å²) in [6.07, 6.45) is 0.658. The first-order chi connectivity index (χ1) is 15.9. The van der Waals surface area contributed by atoms with Crippen LogP contribution in [-0.4, -0.2) is 23.4 Å². The molecule has 1 unspecified atom stereocenters. The lowest BCUT2D eigenvalue weighted by molar-refractivity contribution is -0.132. The lowest BCUT2D eigenvalue weighted by atomic mass is 9.94. The van der Waals surface area contributed by atoms with E-state index in [1.165, 1.54) is 36.4 Å². The predicted octanol–water partition coefficient (Wildman–Crippen LogP) is 5.69. The number of hydrogen-bond acceptors (Lipinski definition) is 4. The molecule has 5 rings (SSSR count). The maximum atomic E-state index is 14.9. The standard InChI is InChI=1S/C25H16Cl2FNO4/c26-17-7-6-15(12-18(17)27)29-22(16-3-1-2-4-19(16)28)21(24(31)25(29)32)23(30)14-5-8-20-13(11-14)9-10-33-20/h1-8,11-12,22,30H,9-10H2/b23-21+. The van der Waals surface area contributed by atoms with Crippen molar-refractivity contribution in [1.29, 1.82) is 0 Å². The lowest BCUT2D eigenvalue weighted by Crippen LogP contribution is -2.29. The zero-order valence-electron chi connectivity index (χ0n) is 17.0. The summed E-state index contributed by atoms with van der Waals surface area (Å²) >= 11 is 12.2. The van der Waals surface area contributed by atoms with Gasteiger partial charge in [-0.25, -0.2) is 4.39 Å². The van der Waals surface area contributed by atoms with Crippen molar-refractivity contribution in [2.24, 2.45) is 0 Å². The van der Waals surface area contributed by atoms with Crippen molar-refractivity contribution >= 4 is 46.3 Å². The number of Topliss-reactive ketones (excluding diaryl/α,β-unsaturated/α-hetero) is 1. The number of aliphatic hydroxyl groups is 1.